The molecular formula is C29H26N2O3S. The molecule has 0 unspecified atom stereocenters. The lowest BCUT2D eigenvalue weighted by Gasteiger charge is -2.38. The molecule has 0 radical (unpaired) electrons. The highest BCUT2D eigenvalue weighted by atomic mass is 32.1. The van der Waals surface area contributed by atoms with E-state index in [2.05, 4.69) is 5.32 Å². The SMILES string of the molecule is CC(C)(C)C(=O)[C@@H]1[C@H](C(=O)c2cccs2)[C@]2(C(=O)Nc3ccccc32)[C@@H]2c3ccccc3C=CN12. The summed E-state index contributed by atoms with van der Waals surface area (Å²) in [5, 5.41) is 4.93. The van der Waals surface area contributed by atoms with Gasteiger partial charge in [-0.2, -0.15) is 0 Å². The van der Waals surface area contributed by atoms with Crippen LogP contribution in [0.15, 0.2) is 72.2 Å². The van der Waals surface area contributed by atoms with Gasteiger partial charge in [-0.05, 0) is 40.3 Å². The molecule has 5 nitrogen and oxygen atoms in total. The molecule has 3 aliphatic rings. The van der Waals surface area contributed by atoms with E-state index in [4.69, 9.17) is 0 Å². The highest BCUT2D eigenvalue weighted by Gasteiger charge is 2.71. The summed E-state index contributed by atoms with van der Waals surface area (Å²) in [6.45, 7) is 5.64. The largest absolute Gasteiger partial charge is 0.358 e. The number of rotatable bonds is 3. The molecule has 3 aliphatic heterocycles. The molecule has 4 heterocycles. The number of carbonyl (C=O) groups excluding carboxylic acids is 3. The Hall–Kier alpha value is -3.51. The van der Waals surface area contributed by atoms with Crippen LogP contribution < -0.4 is 5.32 Å². The minimum absolute atomic E-state index is 0.0458. The monoisotopic (exact) mass is 482 g/mol. The van der Waals surface area contributed by atoms with Crippen molar-refractivity contribution in [2.24, 2.45) is 11.3 Å². The summed E-state index contributed by atoms with van der Waals surface area (Å²) in [5.74, 6) is -1.31. The third-order valence-corrected chi connectivity index (χ3v) is 8.51. The fourth-order valence-corrected chi connectivity index (χ4v) is 6.89. The van der Waals surface area contributed by atoms with Gasteiger partial charge in [0.15, 0.2) is 11.6 Å². The number of hydrogen-bond donors (Lipinski definition) is 1. The van der Waals surface area contributed by atoms with Crippen LogP contribution in [0.5, 0.6) is 0 Å². The van der Waals surface area contributed by atoms with Gasteiger partial charge in [0.1, 0.15) is 5.41 Å². The summed E-state index contributed by atoms with van der Waals surface area (Å²) in [5.41, 5.74) is 1.49. The Morgan fingerprint density at radius 1 is 1.00 bits per heavy atom. The molecule has 0 aliphatic carbocycles. The Morgan fingerprint density at radius 3 is 2.49 bits per heavy atom. The molecule has 3 aromatic rings. The highest BCUT2D eigenvalue weighted by molar-refractivity contribution is 7.12. The average molecular weight is 483 g/mol. The van der Waals surface area contributed by atoms with Gasteiger partial charge in [-0.3, -0.25) is 14.4 Å². The Bertz CT molecular complexity index is 1400. The Labute approximate surface area is 208 Å². The molecule has 1 aromatic heterocycles. The number of nitrogens with zero attached hydrogens (tertiary/aromatic N) is 1. The number of ketones is 2. The number of carbonyl (C=O) groups is 3. The molecule has 1 amide bonds. The summed E-state index contributed by atoms with van der Waals surface area (Å²) in [6, 6.07) is 17.9. The molecule has 1 N–H and O–H groups in total. The molecule has 0 saturated carbocycles. The van der Waals surface area contributed by atoms with Crippen LogP contribution in [0.3, 0.4) is 0 Å². The first-order valence-corrected chi connectivity index (χ1v) is 12.7. The molecule has 35 heavy (non-hydrogen) atoms. The second-order valence-corrected chi connectivity index (χ2v) is 11.5. The van der Waals surface area contributed by atoms with Gasteiger partial charge in [-0.1, -0.05) is 69.3 Å². The van der Waals surface area contributed by atoms with Gasteiger partial charge in [-0.25, -0.2) is 0 Å². The molecule has 6 heteroatoms. The van der Waals surface area contributed by atoms with Crippen molar-refractivity contribution >= 4 is 40.6 Å². The van der Waals surface area contributed by atoms with Crippen LogP contribution in [-0.4, -0.2) is 28.4 Å². The quantitative estimate of drug-likeness (QED) is 0.503. The maximum atomic E-state index is 14.3. The van der Waals surface area contributed by atoms with E-state index in [1.807, 2.05) is 97.9 Å². The zero-order valence-electron chi connectivity index (χ0n) is 19.8. The van der Waals surface area contributed by atoms with Crippen LogP contribution in [0, 0.1) is 11.3 Å². The van der Waals surface area contributed by atoms with E-state index in [-0.39, 0.29) is 17.5 Å². The summed E-state index contributed by atoms with van der Waals surface area (Å²) < 4.78 is 0. The second kappa shape index (κ2) is 7.49. The number of anilines is 1. The summed E-state index contributed by atoms with van der Waals surface area (Å²) in [6.07, 6.45) is 3.90. The van der Waals surface area contributed by atoms with Gasteiger partial charge >= 0.3 is 0 Å². The molecule has 1 spiro atoms. The number of amides is 1. The minimum Gasteiger partial charge on any atom is -0.358 e. The minimum atomic E-state index is -1.25. The van der Waals surface area contributed by atoms with Crippen LogP contribution in [0.4, 0.5) is 5.69 Å². The highest BCUT2D eigenvalue weighted by Crippen LogP contribution is 2.62. The first-order chi connectivity index (χ1) is 16.8. The van der Waals surface area contributed by atoms with Crippen molar-refractivity contribution in [2.75, 3.05) is 5.32 Å². The van der Waals surface area contributed by atoms with Crippen molar-refractivity contribution in [1.82, 2.24) is 4.90 Å². The van der Waals surface area contributed by atoms with Crippen molar-refractivity contribution in [3.05, 3.63) is 93.8 Å². The van der Waals surface area contributed by atoms with Gasteiger partial charge in [0.25, 0.3) is 0 Å². The summed E-state index contributed by atoms with van der Waals surface area (Å²) >= 11 is 1.35. The first kappa shape index (κ1) is 22.0. The molecule has 1 fully saturated rings. The molecule has 176 valence electrons. The number of benzene rings is 2. The number of fused-ring (bicyclic) bond motifs is 6. The van der Waals surface area contributed by atoms with Crippen molar-refractivity contribution in [3.63, 3.8) is 0 Å². The fourth-order valence-electron chi connectivity index (χ4n) is 6.18. The molecule has 6 rings (SSSR count). The lowest BCUT2D eigenvalue weighted by molar-refractivity contribution is -0.131. The molecule has 4 atom stereocenters. The lowest BCUT2D eigenvalue weighted by atomic mass is 9.62. The zero-order chi connectivity index (χ0) is 24.5. The smallest absolute Gasteiger partial charge is 0.238 e. The maximum absolute atomic E-state index is 14.3. The predicted octanol–water partition coefficient (Wildman–Crippen LogP) is 5.46. The second-order valence-electron chi connectivity index (χ2n) is 10.5. The number of nitrogens with one attached hydrogen (secondary N) is 1. The number of thiophene rings is 1. The normalized spacial score (nSPS) is 26.3. The van der Waals surface area contributed by atoms with Gasteiger partial charge in [0.2, 0.25) is 5.91 Å². The van der Waals surface area contributed by atoms with E-state index < -0.39 is 28.8 Å². The molecular weight excluding hydrogens is 456 g/mol. The zero-order valence-corrected chi connectivity index (χ0v) is 20.6. The van der Waals surface area contributed by atoms with Crippen LogP contribution >= 0.6 is 11.3 Å². The molecule has 2 aromatic carbocycles. The standard InChI is InChI=1S/C29H26N2O3S/c1-28(2,3)26(33)23-22(24(32)21-13-8-16-35-21)29(19-11-6-7-12-20(19)30-27(29)34)25-18-10-5-4-9-17(18)14-15-31(23)25/h4-16,22-23,25H,1-3H3,(H,30,34)/t22-,23+,25+,29+/m1/s1. The van der Waals surface area contributed by atoms with Crippen LogP contribution in [0.25, 0.3) is 6.08 Å². The van der Waals surface area contributed by atoms with E-state index >= 15 is 0 Å². The third kappa shape index (κ3) is 2.89. The fraction of sp³-hybridized carbons (Fsp3) is 0.276. The van der Waals surface area contributed by atoms with Gasteiger partial charge < -0.3 is 10.2 Å². The Morgan fingerprint density at radius 2 is 1.74 bits per heavy atom. The summed E-state index contributed by atoms with van der Waals surface area (Å²) in [7, 11) is 0. The lowest BCUT2D eigenvalue weighted by Crippen LogP contribution is -2.50. The van der Waals surface area contributed by atoms with Crippen LogP contribution in [0.2, 0.25) is 0 Å². The van der Waals surface area contributed by atoms with Crippen LogP contribution in [0.1, 0.15) is 53.2 Å². The number of Topliss-reactive ketones (excluding diaryl/α,β-unsaturated/α-hetero) is 2. The van der Waals surface area contributed by atoms with Crippen molar-refractivity contribution in [3.8, 4) is 0 Å². The van der Waals surface area contributed by atoms with Crippen LogP contribution in [-0.2, 0) is 15.0 Å². The number of hydrogen-bond acceptors (Lipinski definition) is 5. The molecule has 1 saturated heterocycles. The first-order valence-electron chi connectivity index (χ1n) is 11.8. The van der Waals surface area contributed by atoms with E-state index in [9.17, 15) is 14.4 Å². The van der Waals surface area contributed by atoms with Gasteiger partial charge in [-0.15, -0.1) is 11.3 Å². The van der Waals surface area contributed by atoms with Gasteiger partial charge in [0, 0.05) is 17.3 Å². The van der Waals surface area contributed by atoms with E-state index in [1.165, 1.54) is 11.3 Å². The average Bonchev–Trinajstić information content (AvgIpc) is 3.55. The summed E-state index contributed by atoms with van der Waals surface area (Å²) in [4.78, 5) is 45.2. The van der Waals surface area contributed by atoms with E-state index in [0.717, 1.165) is 16.7 Å². The van der Waals surface area contributed by atoms with E-state index in [1.54, 1.807) is 6.07 Å². The molecule has 0 bridgehead atoms. The van der Waals surface area contributed by atoms with E-state index in [0.29, 0.717) is 10.6 Å². The number of para-hydroxylation sites is 1. The van der Waals surface area contributed by atoms with Crippen molar-refractivity contribution < 1.29 is 14.4 Å². The Balaban J connectivity index is 1.70. The van der Waals surface area contributed by atoms with Crippen molar-refractivity contribution in [2.45, 2.75) is 38.3 Å². The Kier molecular flexibility index (Phi) is 4.71. The van der Waals surface area contributed by atoms with Crippen molar-refractivity contribution in [1.29, 1.82) is 0 Å². The topological polar surface area (TPSA) is 66.5 Å². The maximum Gasteiger partial charge on any atom is 0.238 e. The third-order valence-electron chi connectivity index (χ3n) is 7.62. The predicted molar refractivity (Wildman–Crippen MR) is 137 cm³/mol. The van der Waals surface area contributed by atoms with Gasteiger partial charge in [0.05, 0.1) is 22.9 Å².